The van der Waals surface area contributed by atoms with Gasteiger partial charge in [-0.3, -0.25) is 9.79 Å². The van der Waals surface area contributed by atoms with E-state index in [1.807, 2.05) is 13.8 Å². The lowest BCUT2D eigenvalue weighted by atomic mass is 10.2. The van der Waals surface area contributed by atoms with Crippen LogP contribution < -0.4 is 0 Å². The van der Waals surface area contributed by atoms with Crippen LogP contribution in [0.3, 0.4) is 0 Å². The Morgan fingerprint density at radius 3 is 2.18 bits per heavy atom. The molecule has 0 aliphatic heterocycles. The summed E-state index contributed by atoms with van der Waals surface area (Å²) < 4.78 is 0. The third-order valence-corrected chi connectivity index (χ3v) is 0.833. The van der Waals surface area contributed by atoms with Gasteiger partial charge >= 0.3 is 0 Å². The average Bonchev–Trinajstić information content (AvgIpc) is 2.03. The summed E-state index contributed by atoms with van der Waals surface area (Å²) in [6.07, 6.45) is 2.96. The first-order valence-corrected chi connectivity index (χ1v) is 3.50. The van der Waals surface area contributed by atoms with Crippen LogP contribution in [0.15, 0.2) is 29.4 Å². The molecule has 2 nitrogen and oxygen atoms in total. The molecule has 11 heavy (non-hydrogen) atoms. The third kappa shape index (κ3) is 8.82. The van der Waals surface area contributed by atoms with Crippen LogP contribution in [-0.2, 0) is 4.79 Å². The van der Waals surface area contributed by atoms with Gasteiger partial charge in [0.25, 0.3) is 0 Å². The van der Waals surface area contributed by atoms with Crippen LogP contribution in [0.5, 0.6) is 0 Å². The SMILES string of the molecule is C=N/C=C\C(=C)C(C)=O.CC. The summed E-state index contributed by atoms with van der Waals surface area (Å²) in [6.45, 7) is 12.1. The first-order valence-electron chi connectivity index (χ1n) is 3.50. The van der Waals surface area contributed by atoms with Crippen molar-refractivity contribution in [3.8, 4) is 0 Å². The number of aliphatic imine (C=N–C) groups is 1. The highest BCUT2D eigenvalue weighted by atomic mass is 16.1. The Bertz CT molecular complexity index is 168. The monoisotopic (exact) mass is 153 g/mol. The van der Waals surface area contributed by atoms with E-state index in [1.165, 1.54) is 19.2 Å². The fraction of sp³-hybridized carbons (Fsp3) is 0.333. The maximum atomic E-state index is 10.4. The fourth-order valence-electron chi connectivity index (χ4n) is 0.260. The number of hydrogen-bond donors (Lipinski definition) is 0. The molecule has 0 spiro atoms. The van der Waals surface area contributed by atoms with E-state index in [4.69, 9.17) is 0 Å². The molecule has 0 saturated carbocycles. The van der Waals surface area contributed by atoms with Gasteiger partial charge in [-0.2, -0.15) is 0 Å². The van der Waals surface area contributed by atoms with Gasteiger partial charge in [-0.1, -0.05) is 20.4 Å². The molecular weight excluding hydrogens is 138 g/mol. The summed E-state index contributed by atoms with van der Waals surface area (Å²) in [7, 11) is 0. The Morgan fingerprint density at radius 1 is 1.45 bits per heavy atom. The maximum absolute atomic E-state index is 10.4. The number of nitrogens with zero attached hydrogens (tertiary/aromatic N) is 1. The fourth-order valence-corrected chi connectivity index (χ4v) is 0.260. The summed E-state index contributed by atoms with van der Waals surface area (Å²) in [6, 6.07) is 0. The quantitative estimate of drug-likeness (QED) is 0.347. The van der Waals surface area contributed by atoms with Crippen molar-refractivity contribution in [2.45, 2.75) is 20.8 Å². The van der Waals surface area contributed by atoms with Crippen LogP contribution in [0.2, 0.25) is 0 Å². The van der Waals surface area contributed by atoms with Crippen molar-refractivity contribution in [1.82, 2.24) is 0 Å². The summed E-state index contributed by atoms with van der Waals surface area (Å²) in [5, 5.41) is 0. The van der Waals surface area contributed by atoms with Gasteiger partial charge < -0.3 is 0 Å². The number of ketones is 1. The number of allylic oxidation sites excluding steroid dienone is 2. The van der Waals surface area contributed by atoms with Crippen molar-refractivity contribution in [3.63, 3.8) is 0 Å². The third-order valence-electron chi connectivity index (χ3n) is 0.833. The molecule has 0 saturated heterocycles. The Morgan fingerprint density at radius 2 is 1.91 bits per heavy atom. The minimum Gasteiger partial charge on any atom is -0.295 e. The highest BCUT2D eigenvalue weighted by Gasteiger charge is 1.91. The molecule has 0 aliphatic rings. The lowest BCUT2D eigenvalue weighted by Crippen LogP contribution is -1.89. The molecular formula is C9H15NO. The van der Waals surface area contributed by atoms with E-state index in [-0.39, 0.29) is 5.78 Å². The molecule has 0 bridgehead atoms. The van der Waals surface area contributed by atoms with E-state index in [9.17, 15) is 4.79 Å². The average molecular weight is 153 g/mol. The van der Waals surface area contributed by atoms with Crippen LogP contribution >= 0.6 is 0 Å². The van der Waals surface area contributed by atoms with E-state index >= 15 is 0 Å². The van der Waals surface area contributed by atoms with Gasteiger partial charge in [-0.25, -0.2) is 0 Å². The van der Waals surface area contributed by atoms with E-state index < -0.39 is 0 Å². The first-order chi connectivity index (χ1) is 5.18. The molecule has 0 radical (unpaired) electrons. The zero-order chi connectivity index (χ0) is 9.28. The summed E-state index contributed by atoms with van der Waals surface area (Å²) in [5.41, 5.74) is 0.447. The van der Waals surface area contributed by atoms with Crippen molar-refractivity contribution in [3.05, 3.63) is 24.4 Å². The molecule has 0 unspecified atom stereocenters. The van der Waals surface area contributed by atoms with E-state index in [2.05, 4.69) is 18.3 Å². The molecule has 0 aromatic heterocycles. The summed E-state index contributed by atoms with van der Waals surface area (Å²) in [5.74, 6) is -0.0464. The molecule has 62 valence electrons. The molecule has 0 amide bonds. The van der Waals surface area contributed by atoms with Crippen molar-refractivity contribution in [2.24, 2.45) is 4.99 Å². The minimum atomic E-state index is -0.0464. The molecule has 0 N–H and O–H groups in total. The zero-order valence-electron chi connectivity index (χ0n) is 7.42. The van der Waals surface area contributed by atoms with Crippen LogP contribution in [0.1, 0.15) is 20.8 Å². The minimum absolute atomic E-state index is 0.0464. The summed E-state index contributed by atoms with van der Waals surface area (Å²) in [4.78, 5) is 13.9. The number of carbonyl (C=O) groups is 1. The highest BCUT2D eigenvalue weighted by molar-refractivity contribution is 5.95. The van der Waals surface area contributed by atoms with Crippen LogP contribution in [0.4, 0.5) is 0 Å². The van der Waals surface area contributed by atoms with Gasteiger partial charge in [0, 0.05) is 11.8 Å². The second-order valence-corrected chi connectivity index (χ2v) is 1.58. The summed E-state index contributed by atoms with van der Waals surface area (Å²) >= 11 is 0. The number of Topliss-reactive ketones (excluding diaryl/α,β-unsaturated/α-hetero) is 1. The van der Waals surface area contributed by atoms with Crippen molar-refractivity contribution < 1.29 is 4.79 Å². The molecule has 0 aromatic carbocycles. The maximum Gasteiger partial charge on any atom is 0.159 e. The molecule has 2 heteroatoms. The lowest BCUT2D eigenvalue weighted by Gasteiger charge is -1.86. The van der Waals surface area contributed by atoms with E-state index in [0.717, 1.165) is 0 Å². The second-order valence-electron chi connectivity index (χ2n) is 1.58. The van der Waals surface area contributed by atoms with Gasteiger partial charge in [-0.15, -0.1) is 0 Å². The number of rotatable bonds is 3. The molecule has 0 atom stereocenters. The molecule has 0 heterocycles. The van der Waals surface area contributed by atoms with Gasteiger partial charge in [0.05, 0.1) is 0 Å². The van der Waals surface area contributed by atoms with Gasteiger partial charge in [-0.05, 0) is 19.7 Å². The van der Waals surface area contributed by atoms with E-state index in [1.54, 1.807) is 0 Å². The van der Waals surface area contributed by atoms with E-state index in [0.29, 0.717) is 5.57 Å². The first kappa shape index (κ1) is 12.5. The molecule has 0 fully saturated rings. The second kappa shape index (κ2) is 8.82. The lowest BCUT2D eigenvalue weighted by molar-refractivity contribution is -0.113. The van der Waals surface area contributed by atoms with Gasteiger partial charge in [0.2, 0.25) is 0 Å². The molecule has 0 aromatic rings. The Kier molecular flexibility index (Phi) is 10.0. The van der Waals surface area contributed by atoms with Crippen molar-refractivity contribution in [2.75, 3.05) is 0 Å². The number of carbonyl (C=O) groups excluding carboxylic acids is 1. The van der Waals surface area contributed by atoms with Gasteiger partial charge in [0.1, 0.15) is 0 Å². The molecule has 0 aliphatic carbocycles. The highest BCUT2D eigenvalue weighted by Crippen LogP contribution is 1.92. The van der Waals surface area contributed by atoms with Crippen LogP contribution in [0, 0.1) is 0 Å². The number of hydrogen-bond acceptors (Lipinski definition) is 2. The van der Waals surface area contributed by atoms with Crippen LogP contribution in [0.25, 0.3) is 0 Å². The Labute approximate surface area is 68.3 Å². The molecule has 0 rings (SSSR count). The topological polar surface area (TPSA) is 29.4 Å². The Balaban J connectivity index is 0. The predicted octanol–water partition coefficient (Wildman–Crippen LogP) is 2.37. The predicted molar refractivity (Wildman–Crippen MR) is 49.9 cm³/mol. The normalized spacial score (nSPS) is 8.27. The van der Waals surface area contributed by atoms with Gasteiger partial charge in [0.15, 0.2) is 5.78 Å². The zero-order valence-corrected chi connectivity index (χ0v) is 7.42. The van der Waals surface area contributed by atoms with Crippen molar-refractivity contribution >= 4 is 12.5 Å². The van der Waals surface area contributed by atoms with Crippen LogP contribution in [-0.4, -0.2) is 12.5 Å². The van der Waals surface area contributed by atoms with Crippen molar-refractivity contribution in [1.29, 1.82) is 0 Å². The standard InChI is InChI=1S/C7H9NO.C2H6/c1-6(7(2)9)4-5-8-3;1-2/h4-5H,1,3H2,2H3;1-2H3/b5-4-;. The smallest absolute Gasteiger partial charge is 0.159 e. The Hall–Kier alpha value is -1.18. The largest absolute Gasteiger partial charge is 0.295 e.